The summed E-state index contributed by atoms with van der Waals surface area (Å²) in [4.78, 5) is 0. The highest BCUT2D eigenvalue weighted by atomic mass is 79.9. The van der Waals surface area contributed by atoms with Crippen LogP contribution in [-0.2, 0) is 24.8 Å². The summed E-state index contributed by atoms with van der Waals surface area (Å²) in [6.07, 6.45) is 2.01. The first kappa shape index (κ1) is 16.7. The monoisotopic (exact) mass is 331 g/mol. The Kier molecular flexibility index (Phi) is 6.50. The highest BCUT2D eigenvalue weighted by molar-refractivity contribution is 9.10. The first-order chi connectivity index (χ1) is 8.91. The molecule has 0 amide bonds. The molecule has 110 valence electrons. The van der Waals surface area contributed by atoms with Gasteiger partial charge in [0.15, 0.2) is 0 Å². The Labute approximate surface area is 125 Å². The number of halogens is 1. The summed E-state index contributed by atoms with van der Waals surface area (Å²) in [5, 5.41) is 8.03. The zero-order valence-corrected chi connectivity index (χ0v) is 14.3. The Hall–Kier alpha value is -0.390. The molecule has 1 aromatic heterocycles. The minimum Gasteiger partial charge on any atom is -0.385 e. The van der Waals surface area contributed by atoms with Crippen LogP contribution in [0.2, 0.25) is 0 Å². The lowest BCUT2D eigenvalue weighted by Gasteiger charge is -2.24. The predicted molar refractivity (Wildman–Crippen MR) is 82.3 cm³/mol. The molecule has 1 aromatic rings. The van der Waals surface area contributed by atoms with Gasteiger partial charge in [0.05, 0.1) is 15.9 Å². The highest BCUT2D eigenvalue weighted by Crippen LogP contribution is 2.22. The standard InChI is InChI=1S/C14H26BrN3O/c1-6-11-13(15)12(18(4)17-11)9-16-10-14(2,3)7-8-19-5/h16H,6-10H2,1-5H3. The van der Waals surface area contributed by atoms with Gasteiger partial charge in [0, 0.05) is 33.9 Å². The molecule has 0 saturated carbocycles. The van der Waals surface area contributed by atoms with Crippen molar-refractivity contribution in [1.29, 1.82) is 0 Å². The molecule has 0 atom stereocenters. The second kappa shape index (κ2) is 7.41. The van der Waals surface area contributed by atoms with Crippen molar-refractivity contribution >= 4 is 15.9 Å². The van der Waals surface area contributed by atoms with E-state index in [9.17, 15) is 0 Å². The molecule has 5 heteroatoms. The summed E-state index contributed by atoms with van der Waals surface area (Å²) in [6.45, 7) is 9.25. The summed E-state index contributed by atoms with van der Waals surface area (Å²) in [6, 6.07) is 0. The van der Waals surface area contributed by atoms with Gasteiger partial charge in [-0.25, -0.2) is 0 Å². The van der Waals surface area contributed by atoms with E-state index in [1.807, 2.05) is 11.7 Å². The summed E-state index contributed by atoms with van der Waals surface area (Å²) < 4.78 is 8.24. The molecule has 19 heavy (non-hydrogen) atoms. The number of hydrogen-bond acceptors (Lipinski definition) is 3. The minimum atomic E-state index is 0.245. The molecule has 0 bridgehead atoms. The van der Waals surface area contributed by atoms with Gasteiger partial charge in [0.1, 0.15) is 0 Å². The molecule has 0 unspecified atom stereocenters. The number of aryl methyl sites for hydroxylation is 2. The van der Waals surface area contributed by atoms with Crippen LogP contribution in [-0.4, -0.2) is 30.0 Å². The normalized spacial score (nSPS) is 12.1. The molecule has 0 aliphatic carbocycles. The van der Waals surface area contributed by atoms with Gasteiger partial charge < -0.3 is 10.1 Å². The van der Waals surface area contributed by atoms with Crippen LogP contribution in [0.15, 0.2) is 4.47 Å². The second-order valence-electron chi connectivity index (χ2n) is 5.70. The molecule has 4 nitrogen and oxygen atoms in total. The SMILES string of the molecule is CCc1nn(C)c(CNCC(C)(C)CCOC)c1Br. The smallest absolute Gasteiger partial charge is 0.0767 e. The lowest BCUT2D eigenvalue weighted by atomic mass is 9.90. The van der Waals surface area contributed by atoms with Crippen molar-refractivity contribution in [2.45, 2.75) is 40.2 Å². The number of aromatic nitrogens is 2. The zero-order valence-electron chi connectivity index (χ0n) is 12.7. The maximum atomic E-state index is 5.15. The molecule has 0 saturated heterocycles. The first-order valence-electron chi connectivity index (χ1n) is 6.81. The molecule has 0 spiro atoms. The molecule has 1 heterocycles. The lowest BCUT2D eigenvalue weighted by molar-refractivity contribution is 0.150. The molecule has 0 aliphatic rings. The number of rotatable bonds is 8. The molecular weight excluding hydrogens is 306 g/mol. The van der Waals surface area contributed by atoms with E-state index >= 15 is 0 Å². The van der Waals surface area contributed by atoms with E-state index in [0.29, 0.717) is 0 Å². The number of nitrogens with zero attached hydrogens (tertiary/aromatic N) is 2. The fraction of sp³-hybridized carbons (Fsp3) is 0.786. The third-order valence-corrected chi connectivity index (χ3v) is 4.30. The Morgan fingerprint density at radius 1 is 1.42 bits per heavy atom. The van der Waals surface area contributed by atoms with E-state index < -0.39 is 0 Å². The van der Waals surface area contributed by atoms with Crippen LogP contribution in [0, 0.1) is 5.41 Å². The second-order valence-corrected chi connectivity index (χ2v) is 6.49. The van der Waals surface area contributed by atoms with Gasteiger partial charge in [-0.05, 0) is 34.2 Å². The molecule has 0 fully saturated rings. The molecule has 0 radical (unpaired) electrons. The van der Waals surface area contributed by atoms with Gasteiger partial charge in [0.25, 0.3) is 0 Å². The molecule has 1 N–H and O–H groups in total. The van der Waals surface area contributed by atoms with Crippen molar-refractivity contribution in [2.24, 2.45) is 12.5 Å². The topological polar surface area (TPSA) is 39.1 Å². The van der Waals surface area contributed by atoms with E-state index in [2.05, 4.69) is 47.1 Å². The maximum absolute atomic E-state index is 5.15. The van der Waals surface area contributed by atoms with Crippen molar-refractivity contribution in [1.82, 2.24) is 15.1 Å². The minimum absolute atomic E-state index is 0.245. The Morgan fingerprint density at radius 2 is 2.11 bits per heavy atom. The van der Waals surface area contributed by atoms with Crippen LogP contribution in [0.4, 0.5) is 0 Å². The van der Waals surface area contributed by atoms with E-state index in [1.54, 1.807) is 7.11 Å². The van der Waals surface area contributed by atoms with E-state index in [-0.39, 0.29) is 5.41 Å². The third kappa shape index (κ3) is 4.89. The summed E-state index contributed by atoms with van der Waals surface area (Å²) in [7, 11) is 3.75. The Morgan fingerprint density at radius 3 is 2.63 bits per heavy atom. The van der Waals surface area contributed by atoms with Crippen LogP contribution >= 0.6 is 15.9 Å². The predicted octanol–water partition coefficient (Wildman–Crippen LogP) is 2.90. The van der Waals surface area contributed by atoms with Gasteiger partial charge >= 0.3 is 0 Å². The zero-order chi connectivity index (χ0) is 14.5. The van der Waals surface area contributed by atoms with Crippen molar-refractivity contribution in [3.05, 3.63) is 15.9 Å². The third-order valence-electron chi connectivity index (χ3n) is 3.38. The van der Waals surface area contributed by atoms with E-state index in [1.165, 1.54) is 5.69 Å². The van der Waals surface area contributed by atoms with Crippen LogP contribution in [0.1, 0.15) is 38.6 Å². The van der Waals surface area contributed by atoms with E-state index in [0.717, 1.165) is 42.7 Å². The summed E-state index contributed by atoms with van der Waals surface area (Å²) >= 11 is 3.64. The maximum Gasteiger partial charge on any atom is 0.0767 e. The average molecular weight is 332 g/mol. The van der Waals surface area contributed by atoms with Crippen molar-refractivity contribution in [2.75, 3.05) is 20.3 Å². The molecule has 1 rings (SSSR count). The first-order valence-corrected chi connectivity index (χ1v) is 7.60. The van der Waals surface area contributed by atoms with Gasteiger partial charge in [-0.3, -0.25) is 4.68 Å². The van der Waals surface area contributed by atoms with Gasteiger partial charge in [-0.2, -0.15) is 5.10 Å². The van der Waals surface area contributed by atoms with Crippen LogP contribution in [0.5, 0.6) is 0 Å². The van der Waals surface area contributed by atoms with E-state index in [4.69, 9.17) is 4.74 Å². The van der Waals surface area contributed by atoms with Crippen molar-refractivity contribution in [3.63, 3.8) is 0 Å². The average Bonchev–Trinajstić information content (AvgIpc) is 2.63. The largest absolute Gasteiger partial charge is 0.385 e. The summed E-state index contributed by atoms with van der Waals surface area (Å²) in [5.41, 5.74) is 2.58. The number of ether oxygens (including phenoxy) is 1. The lowest BCUT2D eigenvalue weighted by Crippen LogP contribution is -2.30. The van der Waals surface area contributed by atoms with Gasteiger partial charge in [0.2, 0.25) is 0 Å². The van der Waals surface area contributed by atoms with Gasteiger partial charge in [-0.15, -0.1) is 0 Å². The van der Waals surface area contributed by atoms with Crippen LogP contribution in [0.3, 0.4) is 0 Å². The quantitative estimate of drug-likeness (QED) is 0.796. The van der Waals surface area contributed by atoms with Crippen LogP contribution < -0.4 is 5.32 Å². The van der Waals surface area contributed by atoms with Crippen molar-refractivity contribution in [3.8, 4) is 0 Å². The fourth-order valence-electron chi connectivity index (χ4n) is 2.00. The Bertz CT molecular complexity index is 402. The number of hydrogen-bond donors (Lipinski definition) is 1. The fourth-order valence-corrected chi connectivity index (χ4v) is 2.75. The number of nitrogens with one attached hydrogen (secondary N) is 1. The van der Waals surface area contributed by atoms with Crippen LogP contribution in [0.25, 0.3) is 0 Å². The van der Waals surface area contributed by atoms with Gasteiger partial charge in [-0.1, -0.05) is 20.8 Å². The van der Waals surface area contributed by atoms with Crippen molar-refractivity contribution < 1.29 is 4.74 Å². The summed E-state index contributed by atoms with van der Waals surface area (Å²) in [5.74, 6) is 0. The number of methoxy groups -OCH3 is 1. The Balaban J connectivity index is 2.51. The highest BCUT2D eigenvalue weighted by Gasteiger charge is 2.18. The molecular formula is C14H26BrN3O. The molecule has 0 aliphatic heterocycles. The molecule has 0 aromatic carbocycles.